The van der Waals surface area contributed by atoms with Gasteiger partial charge in [0.15, 0.2) is 0 Å². The quantitative estimate of drug-likeness (QED) is 0.806. The molecule has 2 rings (SSSR count). The summed E-state index contributed by atoms with van der Waals surface area (Å²) < 4.78 is 13.2. The van der Waals surface area contributed by atoms with Gasteiger partial charge in [-0.05, 0) is 48.2 Å². The third-order valence-electron chi connectivity index (χ3n) is 3.07. The Balaban J connectivity index is 2.45. The molecule has 0 saturated carbocycles. The first kappa shape index (κ1) is 11.6. The molecule has 2 nitrogen and oxygen atoms in total. The monoisotopic (exact) mass is 241 g/mol. The van der Waals surface area contributed by atoms with Crippen molar-refractivity contribution in [2.45, 2.75) is 25.3 Å². The Labute approximate surface area is 98.8 Å². The first-order valence-corrected chi connectivity index (χ1v) is 5.61. The van der Waals surface area contributed by atoms with Crippen LogP contribution in [0, 0.1) is 5.82 Å². The Kier molecular flexibility index (Phi) is 3.00. The van der Waals surface area contributed by atoms with Crippen LogP contribution >= 0.6 is 11.6 Å². The Morgan fingerprint density at radius 1 is 1.62 bits per heavy atom. The zero-order valence-corrected chi connectivity index (χ0v) is 9.77. The van der Waals surface area contributed by atoms with E-state index < -0.39 is 10.8 Å². The summed E-state index contributed by atoms with van der Waals surface area (Å²) in [4.78, 5) is 11.0. The minimum absolute atomic E-state index is 0.172. The van der Waals surface area contributed by atoms with E-state index in [-0.39, 0.29) is 12.2 Å². The number of benzene rings is 1. The summed E-state index contributed by atoms with van der Waals surface area (Å²) in [6, 6.07) is 4.72. The second-order valence-corrected chi connectivity index (χ2v) is 4.76. The third-order valence-corrected chi connectivity index (χ3v) is 3.20. The van der Waals surface area contributed by atoms with Gasteiger partial charge in [0, 0.05) is 18.5 Å². The molecule has 86 valence electrons. The van der Waals surface area contributed by atoms with Gasteiger partial charge in [-0.15, -0.1) is 0 Å². The standard InChI is InChI=1S/C12H13ClFNO/c1-12(7-11(13)16)10-6-9(14)3-2-8(10)4-5-15-12/h2-3,6,15H,4-5,7H2,1H3. The molecular weight excluding hydrogens is 229 g/mol. The smallest absolute Gasteiger partial charge is 0.223 e. The summed E-state index contributed by atoms with van der Waals surface area (Å²) in [6.45, 7) is 2.66. The van der Waals surface area contributed by atoms with Crippen LogP contribution in [-0.4, -0.2) is 11.8 Å². The van der Waals surface area contributed by atoms with Gasteiger partial charge >= 0.3 is 0 Å². The van der Waals surface area contributed by atoms with Crippen LogP contribution in [0.2, 0.25) is 0 Å². The van der Waals surface area contributed by atoms with E-state index in [1.54, 1.807) is 6.07 Å². The van der Waals surface area contributed by atoms with Crippen molar-refractivity contribution in [2.75, 3.05) is 6.54 Å². The minimum atomic E-state index is -0.547. The number of nitrogens with one attached hydrogen (secondary N) is 1. The zero-order chi connectivity index (χ0) is 11.8. The second-order valence-electron chi connectivity index (χ2n) is 4.34. The van der Waals surface area contributed by atoms with Crippen molar-refractivity contribution in [3.05, 3.63) is 35.1 Å². The van der Waals surface area contributed by atoms with Crippen molar-refractivity contribution in [3.63, 3.8) is 0 Å². The number of carbonyl (C=O) groups is 1. The molecule has 0 aromatic heterocycles. The molecule has 1 atom stereocenters. The number of carbonyl (C=O) groups excluding carboxylic acids is 1. The van der Waals surface area contributed by atoms with Gasteiger partial charge in [-0.2, -0.15) is 0 Å². The van der Waals surface area contributed by atoms with Gasteiger partial charge in [-0.1, -0.05) is 6.07 Å². The highest BCUT2D eigenvalue weighted by molar-refractivity contribution is 6.63. The van der Waals surface area contributed by atoms with E-state index in [0.29, 0.717) is 0 Å². The predicted octanol–water partition coefficient (Wildman–Crippen LogP) is 2.34. The van der Waals surface area contributed by atoms with E-state index in [9.17, 15) is 9.18 Å². The Hall–Kier alpha value is -0.930. The van der Waals surface area contributed by atoms with E-state index in [2.05, 4.69) is 5.32 Å². The fourth-order valence-electron chi connectivity index (χ4n) is 2.28. The fourth-order valence-corrected chi connectivity index (χ4v) is 2.55. The lowest BCUT2D eigenvalue weighted by Gasteiger charge is -2.36. The topological polar surface area (TPSA) is 29.1 Å². The maximum absolute atomic E-state index is 13.2. The summed E-state index contributed by atoms with van der Waals surface area (Å²) in [5.41, 5.74) is 1.38. The lowest BCUT2D eigenvalue weighted by Crippen LogP contribution is -2.46. The number of hydrogen-bond acceptors (Lipinski definition) is 2. The van der Waals surface area contributed by atoms with Gasteiger partial charge in [0.25, 0.3) is 0 Å². The summed E-state index contributed by atoms with van der Waals surface area (Å²) in [5, 5.41) is 2.83. The Bertz CT molecular complexity index is 435. The Morgan fingerprint density at radius 3 is 3.06 bits per heavy atom. The first-order chi connectivity index (χ1) is 7.51. The van der Waals surface area contributed by atoms with Crippen LogP contribution in [0.15, 0.2) is 18.2 Å². The lowest BCUT2D eigenvalue weighted by molar-refractivity contribution is -0.113. The zero-order valence-electron chi connectivity index (χ0n) is 9.02. The van der Waals surface area contributed by atoms with E-state index in [1.165, 1.54) is 12.1 Å². The van der Waals surface area contributed by atoms with Crippen molar-refractivity contribution >= 4 is 16.8 Å². The highest BCUT2D eigenvalue weighted by atomic mass is 35.5. The van der Waals surface area contributed by atoms with Crippen LogP contribution in [0.5, 0.6) is 0 Å². The number of hydrogen-bond donors (Lipinski definition) is 1. The van der Waals surface area contributed by atoms with Gasteiger partial charge in [-0.25, -0.2) is 4.39 Å². The molecule has 1 N–H and O–H groups in total. The van der Waals surface area contributed by atoms with E-state index >= 15 is 0 Å². The van der Waals surface area contributed by atoms with Gasteiger partial charge in [0.1, 0.15) is 5.82 Å². The molecule has 1 unspecified atom stereocenters. The lowest BCUT2D eigenvalue weighted by atomic mass is 9.82. The van der Waals surface area contributed by atoms with Crippen LogP contribution in [-0.2, 0) is 16.8 Å². The highest BCUT2D eigenvalue weighted by Gasteiger charge is 2.33. The number of halogens is 2. The van der Waals surface area contributed by atoms with Crippen molar-refractivity contribution in [1.82, 2.24) is 5.32 Å². The molecule has 1 aliphatic heterocycles. The van der Waals surface area contributed by atoms with E-state index in [1.807, 2.05) is 6.92 Å². The number of fused-ring (bicyclic) bond motifs is 1. The molecule has 0 spiro atoms. The highest BCUT2D eigenvalue weighted by Crippen LogP contribution is 2.32. The fraction of sp³-hybridized carbons (Fsp3) is 0.417. The second kappa shape index (κ2) is 4.15. The molecule has 0 fully saturated rings. The van der Waals surface area contributed by atoms with Crippen molar-refractivity contribution in [1.29, 1.82) is 0 Å². The molecule has 1 aromatic rings. The molecular formula is C12H13ClFNO. The average molecular weight is 242 g/mol. The van der Waals surface area contributed by atoms with E-state index in [0.717, 1.165) is 24.1 Å². The molecule has 0 aliphatic carbocycles. The normalized spacial score (nSPS) is 23.9. The Morgan fingerprint density at radius 2 is 2.38 bits per heavy atom. The van der Waals surface area contributed by atoms with Gasteiger partial charge in [-0.3, -0.25) is 4.79 Å². The molecule has 0 amide bonds. The molecule has 0 radical (unpaired) electrons. The van der Waals surface area contributed by atoms with E-state index in [4.69, 9.17) is 11.6 Å². The van der Waals surface area contributed by atoms with Crippen LogP contribution < -0.4 is 5.32 Å². The summed E-state index contributed by atoms with van der Waals surface area (Å²) in [7, 11) is 0. The van der Waals surface area contributed by atoms with Gasteiger partial charge < -0.3 is 5.32 Å². The number of rotatable bonds is 2. The maximum Gasteiger partial charge on any atom is 0.223 e. The van der Waals surface area contributed by atoms with Crippen molar-refractivity contribution in [2.24, 2.45) is 0 Å². The van der Waals surface area contributed by atoms with Crippen LogP contribution in [0.4, 0.5) is 4.39 Å². The molecule has 16 heavy (non-hydrogen) atoms. The largest absolute Gasteiger partial charge is 0.307 e. The third kappa shape index (κ3) is 2.11. The molecule has 0 bridgehead atoms. The van der Waals surface area contributed by atoms with Crippen LogP contribution in [0.3, 0.4) is 0 Å². The van der Waals surface area contributed by atoms with Crippen molar-refractivity contribution in [3.8, 4) is 0 Å². The molecule has 1 aromatic carbocycles. The van der Waals surface area contributed by atoms with Gasteiger partial charge in [0.2, 0.25) is 5.24 Å². The summed E-state index contributed by atoms with van der Waals surface area (Å²) in [5.74, 6) is -0.282. The summed E-state index contributed by atoms with van der Waals surface area (Å²) >= 11 is 5.43. The first-order valence-electron chi connectivity index (χ1n) is 5.23. The summed E-state index contributed by atoms with van der Waals surface area (Å²) in [6.07, 6.45) is 1.02. The predicted molar refractivity (Wildman–Crippen MR) is 60.9 cm³/mol. The average Bonchev–Trinajstić information content (AvgIpc) is 2.18. The molecule has 0 saturated heterocycles. The molecule has 4 heteroatoms. The van der Waals surface area contributed by atoms with Crippen LogP contribution in [0.1, 0.15) is 24.5 Å². The van der Waals surface area contributed by atoms with Crippen LogP contribution in [0.25, 0.3) is 0 Å². The van der Waals surface area contributed by atoms with Crippen molar-refractivity contribution < 1.29 is 9.18 Å². The van der Waals surface area contributed by atoms with Gasteiger partial charge in [0.05, 0.1) is 0 Å². The maximum atomic E-state index is 13.2. The SMILES string of the molecule is CC1(CC(=O)Cl)NCCc2ccc(F)cc21. The molecule has 1 heterocycles. The minimum Gasteiger partial charge on any atom is -0.307 e. The molecule has 1 aliphatic rings.